The van der Waals surface area contributed by atoms with Crippen LogP contribution >= 0.6 is 0 Å². The van der Waals surface area contributed by atoms with Crippen molar-refractivity contribution in [3.63, 3.8) is 0 Å². The molecule has 1 aliphatic heterocycles. The molecule has 3 aromatic rings. The topological polar surface area (TPSA) is 75.3 Å². The summed E-state index contributed by atoms with van der Waals surface area (Å²) in [7, 11) is 0. The summed E-state index contributed by atoms with van der Waals surface area (Å²) in [6, 6.07) is 6.87. The monoisotopic (exact) mass is 417 g/mol. The zero-order valence-corrected chi connectivity index (χ0v) is 15.8. The van der Waals surface area contributed by atoms with Gasteiger partial charge in [0.15, 0.2) is 0 Å². The molecule has 156 valence electrons. The SMILES string of the molecule is O=C(c1c[nH]c2ccc(OC(F)(F)F)cc2c1=O)N1CCCCC1c1cccnc1. The molecule has 0 saturated carbocycles. The zero-order chi connectivity index (χ0) is 21.3. The second kappa shape index (κ2) is 7.81. The molecule has 1 unspecified atom stereocenters. The number of aromatic amines is 1. The number of carbonyl (C=O) groups is 1. The number of likely N-dealkylation sites (tertiary alicyclic amines) is 1. The van der Waals surface area contributed by atoms with E-state index >= 15 is 0 Å². The first-order valence-electron chi connectivity index (χ1n) is 9.45. The number of amides is 1. The molecule has 4 rings (SSSR count). The van der Waals surface area contributed by atoms with E-state index in [-0.39, 0.29) is 17.0 Å². The maximum Gasteiger partial charge on any atom is 0.573 e. The minimum Gasteiger partial charge on any atom is -0.406 e. The number of nitrogens with one attached hydrogen (secondary N) is 1. The molecule has 0 radical (unpaired) electrons. The van der Waals surface area contributed by atoms with Gasteiger partial charge >= 0.3 is 6.36 Å². The number of carbonyl (C=O) groups excluding carboxylic acids is 1. The molecule has 9 heteroatoms. The van der Waals surface area contributed by atoms with E-state index in [0.29, 0.717) is 12.1 Å². The molecule has 0 spiro atoms. The first-order valence-corrected chi connectivity index (χ1v) is 9.45. The highest BCUT2D eigenvalue weighted by molar-refractivity contribution is 5.97. The number of halogens is 3. The van der Waals surface area contributed by atoms with Crippen LogP contribution in [0.15, 0.2) is 53.7 Å². The van der Waals surface area contributed by atoms with Gasteiger partial charge in [0.25, 0.3) is 5.91 Å². The Hall–Kier alpha value is -3.36. The summed E-state index contributed by atoms with van der Waals surface area (Å²) in [5.41, 5.74) is 0.427. The summed E-state index contributed by atoms with van der Waals surface area (Å²) in [5.74, 6) is -0.981. The number of H-pyrrole nitrogens is 1. The van der Waals surface area contributed by atoms with E-state index in [0.717, 1.165) is 37.0 Å². The van der Waals surface area contributed by atoms with E-state index in [2.05, 4.69) is 14.7 Å². The second-order valence-corrected chi connectivity index (χ2v) is 7.08. The molecule has 1 aliphatic rings. The molecule has 1 N–H and O–H groups in total. The van der Waals surface area contributed by atoms with E-state index in [9.17, 15) is 22.8 Å². The Morgan fingerprint density at radius 3 is 2.80 bits per heavy atom. The Morgan fingerprint density at radius 2 is 2.07 bits per heavy atom. The lowest BCUT2D eigenvalue weighted by atomic mass is 9.95. The van der Waals surface area contributed by atoms with Crippen LogP contribution in [-0.4, -0.2) is 33.7 Å². The maximum atomic E-state index is 13.2. The molecular weight excluding hydrogens is 399 g/mol. The molecule has 30 heavy (non-hydrogen) atoms. The van der Waals surface area contributed by atoms with Gasteiger partial charge in [-0.3, -0.25) is 14.6 Å². The first kappa shape index (κ1) is 19.9. The number of rotatable bonds is 3. The molecule has 1 amide bonds. The van der Waals surface area contributed by atoms with Crippen molar-refractivity contribution in [2.75, 3.05) is 6.54 Å². The highest BCUT2D eigenvalue weighted by Gasteiger charge is 2.32. The maximum absolute atomic E-state index is 13.2. The van der Waals surface area contributed by atoms with Gasteiger partial charge in [-0.05, 0) is 49.1 Å². The third-order valence-electron chi connectivity index (χ3n) is 5.15. The van der Waals surface area contributed by atoms with Gasteiger partial charge in [-0.25, -0.2) is 0 Å². The van der Waals surface area contributed by atoms with Crippen LogP contribution in [0.3, 0.4) is 0 Å². The first-order chi connectivity index (χ1) is 14.3. The number of hydrogen-bond donors (Lipinski definition) is 1. The summed E-state index contributed by atoms with van der Waals surface area (Å²) in [5, 5.41) is -0.0439. The van der Waals surface area contributed by atoms with Crippen LogP contribution < -0.4 is 10.2 Å². The van der Waals surface area contributed by atoms with Crippen LogP contribution in [0, 0.1) is 0 Å². The Labute approximate surface area is 169 Å². The van der Waals surface area contributed by atoms with Gasteiger partial charge in [-0.2, -0.15) is 0 Å². The highest BCUT2D eigenvalue weighted by atomic mass is 19.4. The van der Waals surface area contributed by atoms with Gasteiger partial charge < -0.3 is 14.6 Å². The van der Waals surface area contributed by atoms with E-state index in [1.807, 2.05) is 6.07 Å². The lowest BCUT2D eigenvalue weighted by Gasteiger charge is -2.35. The van der Waals surface area contributed by atoms with Crippen LogP contribution in [0.4, 0.5) is 13.2 Å². The molecule has 1 fully saturated rings. The number of ether oxygens (including phenoxy) is 1. The largest absolute Gasteiger partial charge is 0.573 e. The Balaban J connectivity index is 1.71. The lowest BCUT2D eigenvalue weighted by molar-refractivity contribution is -0.274. The van der Waals surface area contributed by atoms with Gasteiger partial charge in [0.2, 0.25) is 5.43 Å². The van der Waals surface area contributed by atoms with Crippen LogP contribution in [0.2, 0.25) is 0 Å². The number of fused-ring (bicyclic) bond motifs is 1. The molecule has 0 bridgehead atoms. The second-order valence-electron chi connectivity index (χ2n) is 7.08. The number of benzene rings is 1. The predicted molar refractivity (Wildman–Crippen MR) is 103 cm³/mol. The van der Waals surface area contributed by atoms with Crippen molar-refractivity contribution in [3.05, 3.63) is 70.3 Å². The van der Waals surface area contributed by atoms with E-state index in [1.54, 1.807) is 23.4 Å². The molecule has 1 aromatic carbocycles. The number of hydrogen-bond acceptors (Lipinski definition) is 4. The van der Waals surface area contributed by atoms with Gasteiger partial charge in [-0.1, -0.05) is 6.07 Å². The van der Waals surface area contributed by atoms with Gasteiger partial charge in [0.1, 0.15) is 11.3 Å². The smallest absolute Gasteiger partial charge is 0.406 e. The fraction of sp³-hybridized carbons (Fsp3) is 0.286. The predicted octanol–water partition coefficient (Wildman–Crippen LogP) is 4.19. The fourth-order valence-corrected chi connectivity index (χ4v) is 3.80. The van der Waals surface area contributed by atoms with Gasteiger partial charge in [0, 0.05) is 36.0 Å². The molecule has 0 aliphatic carbocycles. The van der Waals surface area contributed by atoms with E-state index in [4.69, 9.17) is 0 Å². The molecular formula is C21H18F3N3O3. The van der Waals surface area contributed by atoms with Crippen LogP contribution in [-0.2, 0) is 0 Å². The van der Waals surface area contributed by atoms with E-state index in [1.165, 1.54) is 12.3 Å². The van der Waals surface area contributed by atoms with Crippen molar-refractivity contribution in [3.8, 4) is 5.75 Å². The minimum atomic E-state index is -4.88. The Kier molecular flexibility index (Phi) is 5.19. The quantitative estimate of drug-likeness (QED) is 0.694. The van der Waals surface area contributed by atoms with E-state index < -0.39 is 23.4 Å². The zero-order valence-electron chi connectivity index (χ0n) is 15.8. The van der Waals surface area contributed by atoms with Crippen molar-refractivity contribution in [2.45, 2.75) is 31.7 Å². The lowest BCUT2D eigenvalue weighted by Crippen LogP contribution is -2.40. The summed E-state index contributed by atoms with van der Waals surface area (Å²) >= 11 is 0. The number of alkyl halides is 3. The summed E-state index contributed by atoms with van der Waals surface area (Å²) < 4.78 is 41.5. The van der Waals surface area contributed by atoms with Crippen molar-refractivity contribution in [1.82, 2.24) is 14.9 Å². The van der Waals surface area contributed by atoms with Gasteiger partial charge in [0.05, 0.1) is 6.04 Å². The third-order valence-corrected chi connectivity index (χ3v) is 5.15. The van der Waals surface area contributed by atoms with Gasteiger partial charge in [-0.15, -0.1) is 13.2 Å². The Bertz CT molecular complexity index is 1130. The summed E-state index contributed by atoms with van der Waals surface area (Å²) in [6.45, 7) is 0.479. The van der Waals surface area contributed by atoms with Crippen LogP contribution in [0.1, 0.15) is 41.2 Å². The molecule has 1 saturated heterocycles. The number of pyridine rings is 2. The molecule has 6 nitrogen and oxygen atoms in total. The van der Waals surface area contributed by atoms with Crippen molar-refractivity contribution < 1.29 is 22.7 Å². The van der Waals surface area contributed by atoms with Crippen LogP contribution in [0.5, 0.6) is 5.75 Å². The average Bonchev–Trinajstić information content (AvgIpc) is 2.73. The van der Waals surface area contributed by atoms with Crippen molar-refractivity contribution in [2.24, 2.45) is 0 Å². The summed E-state index contributed by atoms with van der Waals surface area (Å²) in [6.07, 6.45) is 2.26. The standard InChI is InChI=1S/C21H18F3N3O3/c22-21(23,24)30-14-6-7-17-15(10-14)19(28)16(12-26-17)20(29)27-9-2-1-5-18(27)13-4-3-8-25-11-13/h3-4,6-8,10-12,18H,1-2,5,9H2,(H,26,28). The number of nitrogens with zero attached hydrogens (tertiary/aromatic N) is 2. The molecule has 2 aromatic heterocycles. The van der Waals surface area contributed by atoms with Crippen molar-refractivity contribution >= 4 is 16.8 Å². The highest BCUT2D eigenvalue weighted by Crippen LogP contribution is 2.31. The van der Waals surface area contributed by atoms with Crippen molar-refractivity contribution in [1.29, 1.82) is 0 Å². The minimum absolute atomic E-state index is 0.0439. The third kappa shape index (κ3) is 4.00. The fourth-order valence-electron chi connectivity index (χ4n) is 3.80. The Morgan fingerprint density at radius 1 is 1.23 bits per heavy atom. The molecule has 1 atom stereocenters. The van der Waals surface area contributed by atoms with Crippen LogP contribution in [0.25, 0.3) is 10.9 Å². The number of aromatic nitrogens is 2. The molecule has 3 heterocycles. The number of piperidine rings is 1. The normalized spacial score (nSPS) is 17.2. The summed E-state index contributed by atoms with van der Waals surface area (Å²) in [4.78, 5) is 34.8. The average molecular weight is 417 g/mol.